The van der Waals surface area contributed by atoms with Gasteiger partial charge in [-0.05, 0) is 50.1 Å². The number of nitrogens with zero attached hydrogens (tertiary/aromatic N) is 6. The number of carbonyl (C=O) groups is 1. The molecule has 0 N–H and O–H groups in total. The third-order valence-corrected chi connectivity index (χ3v) is 8.56. The fraction of sp³-hybridized carbons (Fsp3) is 0.409. The lowest BCUT2D eigenvalue weighted by Gasteiger charge is -2.33. The molecule has 1 aliphatic rings. The molecule has 1 amide bonds. The van der Waals surface area contributed by atoms with Crippen molar-refractivity contribution in [2.24, 2.45) is 7.05 Å². The molecule has 2 aromatic heterocycles. The number of amides is 1. The topological polar surface area (TPSA) is 103 Å². The van der Waals surface area contributed by atoms with E-state index < -0.39 is 10.0 Å². The van der Waals surface area contributed by atoms with Crippen LogP contribution in [0.3, 0.4) is 0 Å². The second-order valence-corrected chi connectivity index (χ2v) is 10.6. The Bertz CT molecular complexity index is 1300. The van der Waals surface area contributed by atoms with E-state index in [-0.39, 0.29) is 49.4 Å². The molecule has 0 unspecified atom stereocenters. The van der Waals surface area contributed by atoms with Gasteiger partial charge in [0.05, 0.1) is 11.9 Å². The second kappa shape index (κ2) is 9.40. The zero-order valence-corrected chi connectivity index (χ0v) is 21.1. The minimum absolute atomic E-state index is 0.143. The predicted octanol–water partition coefficient (Wildman–Crippen LogP) is 2.38. The summed E-state index contributed by atoms with van der Waals surface area (Å²) in [5, 5.41) is 9.06. The van der Waals surface area contributed by atoms with E-state index >= 15 is 0 Å². The molecule has 1 fully saturated rings. The number of aromatic nitrogens is 4. The summed E-state index contributed by atoms with van der Waals surface area (Å²) in [5.41, 5.74) is 2.71. The van der Waals surface area contributed by atoms with Gasteiger partial charge in [-0.15, -0.1) is 0 Å². The van der Waals surface area contributed by atoms with Crippen LogP contribution in [0.4, 0.5) is 0 Å². The first-order valence-corrected chi connectivity index (χ1v) is 12.6. The summed E-state index contributed by atoms with van der Waals surface area (Å²) >= 11 is 6.20. The first kappa shape index (κ1) is 24.2. The van der Waals surface area contributed by atoms with E-state index in [1.807, 2.05) is 26.0 Å². The predicted molar refractivity (Wildman–Crippen MR) is 126 cm³/mol. The van der Waals surface area contributed by atoms with Crippen LogP contribution in [0, 0.1) is 20.8 Å². The van der Waals surface area contributed by atoms with Crippen LogP contribution >= 0.6 is 11.6 Å². The Labute approximate surface area is 203 Å². The SMILES string of the molecule is Cc1cc(OCn2ccc(C(=O)N3CCN(S(=O)(=O)c4cnn(C)c4C)CC3)n2)cc(C)c1Cl. The molecule has 0 atom stereocenters. The highest BCUT2D eigenvalue weighted by Crippen LogP contribution is 2.26. The lowest BCUT2D eigenvalue weighted by molar-refractivity contribution is 0.0690. The van der Waals surface area contributed by atoms with Gasteiger partial charge in [0, 0.05) is 44.4 Å². The first-order valence-electron chi connectivity index (χ1n) is 10.8. The number of carbonyl (C=O) groups excluding carboxylic acids is 1. The number of aryl methyl sites for hydroxylation is 3. The third kappa shape index (κ3) is 4.68. The highest BCUT2D eigenvalue weighted by Gasteiger charge is 2.33. The minimum Gasteiger partial charge on any atom is -0.471 e. The molecule has 10 nitrogen and oxygen atoms in total. The summed E-state index contributed by atoms with van der Waals surface area (Å²) in [6.45, 7) is 6.67. The molecular formula is C22H27ClN6O4S. The zero-order chi connectivity index (χ0) is 24.6. The number of halogens is 1. The third-order valence-electron chi connectivity index (χ3n) is 5.97. The van der Waals surface area contributed by atoms with E-state index in [9.17, 15) is 13.2 Å². The minimum atomic E-state index is -3.66. The highest BCUT2D eigenvalue weighted by atomic mass is 35.5. The van der Waals surface area contributed by atoms with E-state index in [1.165, 1.54) is 15.2 Å². The van der Waals surface area contributed by atoms with Crippen molar-refractivity contribution in [1.82, 2.24) is 28.8 Å². The Morgan fingerprint density at radius 3 is 2.35 bits per heavy atom. The number of hydrogen-bond acceptors (Lipinski definition) is 6. The molecule has 0 bridgehead atoms. The molecule has 182 valence electrons. The van der Waals surface area contributed by atoms with E-state index in [2.05, 4.69) is 10.2 Å². The van der Waals surface area contributed by atoms with Crippen LogP contribution in [0.5, 0.6) is 5.75 Å². The van der Waals surface area contributed by atoms with Crippen molar-refractivity contribution in [1.29, 1.82) is 0 Å². The molecule has 1 aromatic carbocycles. The van der Waals surface area contributed by atoms with Crippen LogP contribution in [-0.4, -0.2) is 69.3 Å². The molecule has 12 heteroatoms. The van der Waals surface area contributed by atoms with Crippen molar-refractivity contribution in [2.45, 2.75) is 32.4 Å². The monoisotopic (exact) mass is 506 g/mol. The molecule has 1 saturated heterocycles. The molecule has 1 aliphatic heterocycles. The summed E-state index contributed by atoms with van der Waals surface area (Å²) in [6.07, 6.45) is 3.04. The average Bonchev–Trinajstić information content (AvgIpc) is 3.42. The van der Waals surface area contributed by atoms with Crippen LogP contribution in [0.15, 0.2) is 35.5 Å². The Balaban J connectivity index is 1.35. The molecule has 0 radical (unpaired) electrons. The van der Waals surface area contributed by atoms with Gasteiger partial charge in [-0.2, -0.15) is 14.5 Å². The summed E-state index contributed by atoms with van der Waals surface area (Å²) < 4.78 is 36.2. The van der Waals surface area contributed by atoms with Gasteiger partial charge in [0.15, 0.2) is 12.4 Å². The van der Waals surface area contributed by atoms with Gasteiger partial charge < -0.3 is 9.64 Å². The fourth-order valence-corrected chi connectivity index (χ4v) is 5.56. The zero-order valence-electron chi connectivity index (χ0n) is 19.5. The number of benzene rings is 1. The van der Waals surface area contributed by atoms with Crippen LogP contribution < -0.4 is 4.74 Å². The van der Waals surface area contributed by atoms with Crippen molar-refractivity contribution in [3.8, 4) is 5.75 Å². The van der Waals surface area contributed by atoms with Crippen molar-refractivity contribution >= 4 is 27.5 Å². The van der Waals surface area contributed by atoms with Crippen LogP contribution in [0.1, 0.15) is 27.3 Å². The Kier molecular flexibility index (Phi) is 6.70. The van der Waals surface area contributed by atoms with Crippen LogP contribution in [0.2, 0.25) is 5.02 Å². The van der Waals surface area contributed by atoms with E-state index in [1.54, 1.807) is 35.8 Å². The molecule has 0 spiro atoms. The summed E-state index contributed by atoms with van der Waals surface area (Å²) in [4.78, 5) is 14.7. The van der Waals surface area contributed by atoms with Crippen molar-refractivity contribution in [3.63, 3.8) is 0 Å². The van der Waals surface area contributed by atoms with Gasteiger partial charge in [-0.25, -0.2) is 13.1 Å². The number of sulfonamides is 1. The summed E-state index contributed by atoms with van der Waals surface area (Å²) in [6, 6.07) is 5.34. The number of rotatable bonds is 6. The summed E-state index contributed by atoms with van der Waals surface area (Å²) in [7, 11) is -1.96. The van der Waals surface area contributed by atoms with Crippen molar-refractivity contribution in [3.05, 3.63) is 58.1 Å². The second-order valence-electron chi connectivity index (χ2n) is 8.30. The fourth-order valence-electron chi connectivity index (χ4n) is 3.84. The maximum Gasteiger partial charge on any atom is 0.274 e. The molecule has 3 heterocycles. The summed E-state index contributed by atoms with van der Waals surface area (Å²) in [5.74, 6) is 0.426. The van der Waals surface area contributed by atoms with Gasteiger partial charge in [0.1, 0.15) is 10.6 Å². The number of ether oxygens (including phenoxy) is 1. The van der Waals surface area contributed by atoms with Gasteiger partial charge in [0.2, 0.25) is 10.0 Å². The first-order chi connectivity index (χ1) is 16.1. The molecule has 0 saturated carbocycles. The Morgan fingerprint density at radius 2 is 1.76 bits per heavy atom. The quantitative estimate of drug-likeness (QED) is 0.508. The molecular weight excluding hydrogens is 480 g/mol. The van der Waals surface area contributed by atoms with E-state index in [0.717, 1.165) is 11.1 Å². The standard InChI is InChI=1S/C22H27ClN6O4S/c1-15-11-18(12-16(2)21(15)23)33-14-28-6-5-19(25-28)22(30)27-7-9-29(10-8-27)34(31,32)20-13-24-26(4)17(20)3/h5-6,11-13H,7-10,14H2,1-4H3. The Hall–Kier alpha value is -2.89. The van der Waals surface area contributed by atoms with E-state index in [0.29, 0.717) is 16.5 Å². The van der Waals surface area contributed by atoms with Crippen LogP contribution in [0.25, 0.3) is 0 Å². The molecule has 34 heavy (non-hydrogen) atoms. The largest absolute Gasteiger partial charge is 0.471 e. The van der Waals surface area contributed by atoms with E-state index in [4.69, 9.17) is 16.3 Å². The van der Waals surface area contributed by atoms with Gasteiger partial charge in [-0.3, -0.25) is 9.48 Å². The van der Waals surface area contributed by atoms with Crippen molar-refractivity contribution in [2.75, 3.05) is 26.2 Å². The molecule has 0 aliphatic carbocycles. The normalized spacial score (nSPS) is 15.0. The average molecular weight is 507 g/mol. The molecule has 3 aromatic rings. The maximum atomic E-state index is 13.0. The Morgan fingerprint density at radius 1 is 1.12 bits per heavy atom. The maximum absolute atomic E-state index is 13.0. The van der Waals surface area contributed by atoms with Gasteiger partial charge in [0.25, 0.3) is 5.91 Å². The smallest absolute Gasteiger partial charge is 0.274 e. The molecule has 4 rings (SSSR count). The lowest BCUT2D eigenvalue weighted by atomic mass is 10.1. The van der Waals surface area contributed by atoms with Gasteiger partial charge in [-0.1, -0.05) is 11.6 Å². The van der Waals surface area contributed by atoms with Gasteiger partial charge >= 0.3 is 0 Å². The lowest BCUT2D eigenvalue weighted by Crippen LogP contribution is -2.50. The highest BCUT2D eigenvalue weighted by molar-refractivity contribution is 7.89. The number of piperazine rings is 1. The van der Waals surface area contributed by atoms with Crippen molar-refractivity contribution < 1.29 is 17.9 Å². The number of hydrogen-bond donors (Lipinski definition) is 0. The van der Waals surface area contributed by atoms with Crippen LogP contribution in [-0.2, 0) is 23.8 Å².